The third-order valence-electron chi connectivity index (χ3n) is 4.61. The van der Waals surface area contributed by atoms with Gasteiger partial charge < -0.3 is 10.3 Å². The normalized spacial score (nSPS) is 11.0. The summed E-state index contributed by atoms with van der Waals surface area (Å²) in [6.07, 6.45) is 9.29. The number of benzene rings is 2. The van der Waals surface area contributed by atoms with E-state index in [0.717, 1.165) is 39.0 Å². The summed E-state index contributed by atoms with van der Waals surface area (Å²) in [5.41, 5.74) is 6.43. The average molecular weight is 350 g/mol. The number of aryl methyl sites for hydroxylation is 1. The van der Waals surface area contributed by atoms with Crippen LogP contribution in [0.2, 0.25) is 0 Å². The van der Waals surface area contributed by atoms with Gasteiger partial charge in [0, 0.05) is 40.7 Å². The largest absolute Gasteiger partial charge is 0.361 e. The number of nitrogens with zero attached hydrogens (tertiary/aromatic N) is 2. The molecule has 2 heterocycles. The molecule has 0 radical (unpaired) electrons. The third kappa shape index (κ3) is 3.31. The molecule has 0 fully saturated rings. The molecule has 4 heteroatoms. The van der Waals surface area contributed by atoms with Gasteiger partial charge in [-0.3, -0.25) is 4.98 Å². The van der Waals surface area contributed by atoms with Crippen LogP contribution in [0.5, 0.6) is 0 Å². The highest BCUT2D eigenvalue weighted by Gasteiger charge is 2.11. The van der Waals surface area contributed by atoms with E-state index >= 15 is 0 Å². The first-order valence-corrected chi connectivity index (χ1v) is 8.71. The van der Waals surface area contributed by atoms with Crippen LogP contribution in [0.1, 0.15) is 22.3 Å². The second-order valence-corrected chi connectivity index (χ2v) is 6.31. The molecular formula is C23H18N4. The highest BCUT2D eigenvalue weighted by atomic mass is 14.9. The summed E-state index contributed by atoms with van der Waals surface area (Å²) in [6, 6.07) is 18.4. The number of nitrogens with one attached hydrogen (secondary N) is 2. The first-order valence-electron chi connectivity index (χ1n) is 8.71. The maximum atomic E-state index is 9.56. The minimum Gasteiger partial charge on any atom is -0.361 e. The predicted molar refractivity (Wildman–Crippen MR) is 111 cm³/mol. The molecule has 0 bridgehead atoms. The van der Waals surface area contributed by atoms with E-state index in [0.29, 0.717) is 5.56 Å². The fourth-order valence-electron chi connectivity index (χ4n) is 3.13. The van der Waals surface area contributed by atoms with Crippen molar-refractivity contribution in [2.45, 2.75) is 6.92 Å². The fourth-order valence-corrected chi connectivity index (χ4v) is 3.13. The van der Waals surface area contributed by atoms with Gasteiger partial charge in [-0.05, 0) is 36.2 Å². The smallest absolute Gasteiger partial charge is 0.103 e. The molecule has 0 aliphatic heterocycles. The van der Waals surface area contributed by atoms with Crippen molar-refractivity contribution in [1.29, 1.82) is 5.26 Å². The quantitative estimate of drug-likeness (QED) is 0.499. The zero-order valence-corrected chi connectivity index (χ0v) is 14.9. The van der Waals surface area contributed by atoms with Gasteiger partial charge in [0.15, 0.2) is 0 Å². The zero-order valence-electron chi connectivity index (χ0n) is 14.9. The van der Waals surface area contributed by atoms with E-state index in [2.05, 4.69) is 34.3 Å². The number of H-pyrrole nitrogens is 1. The molecule has 2 aromatic heterocycles. The van der Waals surface area contributed by atoms with E-state index in [4.69, 9.17) is 0 Å². The van der Waals surface area contributed by atoms with E-state index in [1.54, 1.807) is 12.4 Å². The topological polar surface area (TPSA) is 64.5 Å². The van der Waals surface area contributed by atoms with E-state index in [1.807, 2.05) is 60.8 Å². The number of fused-ring (bicyclic) bond motifs is 1. The van der Waals surface area contributed by atoms with Crippen LogP contribution in [0.4, 0.5) is 11.4 Å². The van der Waals surface area contributed by atoms with Crippen LogP contribution in [-0.4, -0.2) is 9.97 Å². The number of pyridine rings is 1. The van der Waals surface area contributed by atoms with Crippen LogP contribution in [0.3, 0.4) is 0 Å². The minimum atomic E-state index is 0.513. The lowest BCUT2D eigenvalue weighted by Crippen LogP contribution is -1.99. The van der Waals surface area contributed by atoms with Gasteiger partial charge >= 0.3 is 0 Å². The molecule has 0 atom stereocenters. The number of nitriles is 1. The summed E-state index contributed by atoms with van der Waals surface area (Å²) < 4.78 is 0. The number of hydrogen-bond donors (Lipinski definition) is 2. The first-order chi connectivity index (χ1) is 13.3. The summed E-state index contributed by atoms with van der Waals surface area (Å²) in [6.45, 7) is 2.07. The lowest BCUT2D eigenvalue weighted by molar-refractivity contribution is 1.28. The van der Waals surface area contributed by atoms with E-state index in [1.165, 1.54) is 0 Å². The first kappa shape index (κ1) is 16.6. The second-order valence-electron chi connectivity index (χ2n) is 6.31. The molecule has 0 saturated carbocycles. The fraction of sp³-hybridized carbons (Fsp3) is 0.0435. The highest BCUT2D eigenvalue weighted by Crippen LogP contribution is 2.31. The van der Waals surface area contributed by atoms with Crippen LogP contribution < -0.4 is 5.32 Å². The summed E-state index contributed by atoms with van der Waals surface area (Å²) in [4.78, 5) is 7.44. The maximum Gasteiger partial charge on any atom is 0.103 e. The second kappa shape index (κ2) is 7.19. The SMILES string of the molecule is Cc1c(Nc2c(C#N)cncc2/C=C/c2ccccc2)ccc2[nH]ccc12. The van der Waals surface area contributed by atoms with Crippen LogP contribution >= 0.6 is 0 Å². The van der Waals surface area contributed by atoms with Gasteiger partial charge in [-0.15, -0.1) is 0 Å². The van der Waals surface area contributed by atoms with Gasteiger partial charge in [0.2, 0.25) is 0 Å². The molecule has 2 N–H and O–H groups in total. The highest BCUT2D eigenvalue weighted by molar-refractivity contribution is 5.90. The molecule has 0 aliphatic rings. The molecular weight excluding hydrogens is 332 g/mol. The molecule has 27 heavy (non-hydrogen) atoms. The van der Waals surface area contributed by atoms with E-state index < -0.39 is 0 Å². The Morgan fingerprint density at radius 3 is 2.70 bits per heavy atom. The van der Waals surface area contributed by atoms with Crippen molar-refractivity contribution in [3.05, 3.63) is 89.4 Å². The number of aromatic amines is 1. The zero-order chi connectivity index (χ0) is 18.6. The monoisotopic (exact) mass is 350 g/mol. The van der Waals surface area contributed by atoms with Crippen molar-refractivity contribution in [3.63, 3.8) is 0 Å². The van der Waals surface area contributed by atoms with E-state index in [9.17, 15) is 5.26 Å². The van der Waals surface area contributed by atoms with Crippen LogP contribution in [0.15, 0.2) is 67.1 Å². The van der Waals surface area contributed by atoms with Gasteiger partial charge in [0.1, 0.15) is 6.07 Å². The Labute approximate surface area is 157 Å². The van der Waals surface area contributed by atoms with Gasteiger partial charge in [-0.1, -0.05) is 42.5 Å². The standard InChI is InChI=1S/C23H18N4/c1-16-20-11-12-26-22(20)10-9-21(16)27-23-18(14-25-15-19(23)13-24)8-7-17-5-3-2-4-6-17/h2-12,14-15,26H,1H3,(H,25,27)/b8-7+. The molecule has 0 saturated heterocycles. The Balaban J connectivity index is 1.76. The van der Waals surface area contributed by atoms with Gasteiger partial charge in [-0.2, -0.15) is 5.26 Å². The number of anilines is 2. The number of rotatable bonds is 4. The Hall–Kier alpha value is -3.84. The van der Waals surface area contributed by atoms with Crippen LogP contribution in [0.25, 0.3) is 23.1 Å². The number of hydrogen-bond acceptors (Lipinski definition) is 3. The summed E-state index contributed by atoms with van der Waals surface area (Å²) >= 11 is 0. The molecule has 0 spiro atoms. The molecule has 130 valence electrons. The molecule has 0 amide bonds. The van der Waals surface area contributed by atoms with Crippen molar-refractivity contribution < 1.29 is 0 Å². The Bertz CT molecular complexity index is 1160. The van der Waals surface area contributed by atoms with Gasteiger partial charge in [0.25, 0.3) is 0 Å². The third-order valence-corrected chi connectivity index (χ3v) is 4.61. The molecule has 0 aliphatic carbocycles. The van der Waals surface area contributed by atoms with Crippen molar-refractivity contribution in [3.8, 4) is 6.07 Å². The van der Waals surface area contributed by atoms with Crippen molar-refractivity contribution in [1.82, 2.24) is 9.97 Å². The lowest BCUT2D eigenvalue weighted by atomic mass is 10.1. The van der Waals surface area contributed by atoms with Gasteiger partial charge in [-0.25, -0.2) is 0 Å². The average Bonchev–Trinajstić information content (AvgIpc) is 3.19. The molecule has 0 unspecified atom stereocenters. The summed E-state index contributed by atoms with van der Waals surface area (Å²) in [5, 5.41) is 14.2. The summed E-state index contributed by atoms with van der Waals surface area (Å²) in [7, 11) is 0. The minimum absolute atomic E-state index is 0.513. The molecule has 4 nitrogen and oxygen atoms in total. The molecule has 4 rings (SSSR count). The molecule has 4 aromatic rings. The summed E-state index contributed by atoms with van der Waals surface area (Å²) in [5.74, 6) is 0. The Morgan fingerprint density at radius 1 is 1.04 bits per heavy atom. The van der Waals surface area contributed by atoms with Crippen molar-refractivity contribution in [2.24, 2.45) is 0 Å². The Morgan fingerprint density at radius 2 is 1.89 bits per heavy atom. The maximum absolute atomic E-state index is 9.56. The number of aromatic nitrogens is 2. The van der Waals surface area contributed by atoms with Crippen molar-refractivity contribution in [2.75, 3.05) is 5.32 Å². The molecule has 2 aromatic carbocycles. The van der Waals surface area contributed by atoms with Gasteiger partial charge in [0.05, 0.1) is 11.3 Å². The predicted octanol–water partition coefficient (Wildman–Crippen LogP) is 5.66. The van der Waals surface area contributed by atoms with Crippen molar-refractivity contribution >= 4 is 34.4 Å². The Kier molecular flexibility index (Phi) is 4.42. The van der Waals surface area contributed by atoms with Crippen LogP contribution in [0, 0.1) is 18.3 Å². The van der Waals surface area contributed by atoms with Crippen LogP contribution in [-0.2, 0) is 0 Å². The lowest BCUT2D eigenvalue weighted by Gasteiger charge is -2.14. The van der Waals surface area contributed by atoms with E-state index in [-0.39, 0.29) is 0 Å².